The molecule has 0 spiro atoms. The van der Waals surface area contributed by atoms with Gasteiger partial charge in [-0.1, -0.05) is 43.0 Å². The van der Waals surface area contributed by atoms with Crippen molar-refractivity contribution in [2.75, 3.05) is 11.9 Å². The molecule has 2 rings (SSSR count). The van der Waals surface area contributed by atoms with Gasteiger partial charge < -0.3 is 10.4 Å². The van der Waals surface area contributed by atoms with Crippen molar-refractivity contribution in [1.29, 1.82) is 0 Å². The smallest absolute Gasteiger partial charge is 0.0661 e. The highest BCUT2D eigenvalue weighted by Gasteiger charge is 2.34. The number of hydrogen-bond donors (Lipinski definition) is 2. The summed E-state index contributed by atoms with van der Waals surface area (Å²) >= 11 is 6.18. The SMILES string of the molecule is CC(CO)(Nc1ccccc1Cl)C1CCCCC1. The van der Waals surface area contributed by atoms with Crippen molar-refractivity contribution in [1.82, 2.24) is 0 Å². The molecule has 1 aliphatic rings. The number of aliphatic hydroxyl groups excluding tert-OH is 1. The second-order valence-corrected chi connectivity index (χ2v) is 5.92. The molecule has 1 fully saturated rings. The van der Waals surface area contributed by atoms with E-state index in [2.05, 4.69) is 12.2 Å². The van der Waals surface area contributed by atoms with E-state index in [4.69, 9.17) is 11.6 Å². The van der Waals surface area contributed by atoms with Crippen LogP contribution in [0, 0.1) is 5.92 Å². The molecular formula is C15H22ClNO. The van der Waals surface area contributed by atoms with Gasteiger partial charge in [0.2, 0.25) is 0 Å². The summed E-state index contributed by atoms with van der Waals surface area (Å²) in [4.78, 5) is 0. The van der Waals surface area contributed by atoms with Crippen LogP contribution in [0.15, 0.2) is 24.3 Å². The number of aliphatic hydroxyl groups is 1. The highest BCUT2D eigenvalue weighted by atomic mass is 35.5. The number of benzene rings is 1. The van der Waals surface area contributed by atoms with Crippen LogP contribution in [0.1, 0.15) is 39.0 Å². The normalized spacial score (nSPS) is 20.4. The van der Waals surface area contributed by atoms with Crippen LogP contribution in [-0.4, -0.2) is 17.3 Å². The fraction of sp³-hybridized carbons (Fsp3) is 0.600. The molecule has 1 saturated carbocycles. The van der Waals surface area contributed by atoms with Gasteiger partial charge in [-0.05, 0) is 37.8 Å². The Morgan fingerprint density at radius 3 is 2.56 bits per heavy atom. The maximum absolute atomic E-state index is 9.78. The van der Waals surface area contributed by atoms with Gasteiger partial charge in [-0.15, -0.1) is 0 Å². The van der Waals surface area contributed by atoms with Gasteiger partial charge in [-0.2, -0.15) is 0 Å². The van der Waals surface area contributed by atoms with Crippen LogP contribution >= 0.6 is 11.6 Å². The summed E-state index contributed by atoms with van der Waals surface area (Å²) in [6.45, 7) is 2.25. The number of para-hydroxylation sites is 1. The van der Waals surface area contributed by atoms with E-state index in [-0.39, 0.29) is 12.1 Å². The molecule has 0 aromatic heterocycles. The average molecular weight is 268 g/mol. The molecule has 1 aliphatic carbocycles. The third-order valence-electron chi connectivity index (χ3n) is 4.13. The lowest BCUT2D eigenvalue weighted by Gasteiger charge is -2.40. The zero-order valence-corrected chi connectivity index (χ0v) is 11.7. The van der Waals surface area contributed by atoms with Gasteiger partial charge in [0.05, 0.1) is 22.9 Å². The summed E-state index contributed by atoms with van der Waals surface area (Å²) in [7, 11) is 0. The Morgan fingerprint density at radius 2 is 1.94 bits per heavy atom. The lowest BCUT2D eigenvalue weighted by Crippen LogP contribution is -2.47. The number of rotatable bonds is 4. The topological polar surface area (TPSA) is 32.3 Å². The lowest BCUT2D eigenvalue weighted by molar-refractivity contribution is 0.144. The van der Waals surface area contributed by atoms with Crippen LogP contribution in [0.5, 0.6) is 0 Å². The van der Waals surface area contributed by atoms with E-state index < -0.39 is 0 Å². The predicted octanol–water partition coefficient (Wildman–Crippen LogP) is 4.08. The molecule has 3 heteroatoms. The summed E-state index contributed by atoms with van der Waals surface area (Å²) in [5, 5.41) is 14.0. The van der Waals surface area contributed by atoms with Crippen LogP contribution in [-0.2, 0) is 0 Å². The summed E-state index contributed by atoms with van der Waals surface area (Å²) in [6.07, 6.45) is 6.24. The van der Waals surface area contributed by atoms with Crippen LogP contribution in [0.3, 0.4) is 0 Å². The quantitative estimate of drug-likeness (QED) is 0.861. The lowest BCUT2D eigenvalue weighted by atomic mass is 9.76. The van der Waals surface area contributed by atoms with Crippen LogP contribution < -0.4 is 5.32 Å². The Morgan fingerprint density at radius 1 is 1.28 bits per heavy atom. The molecule has 2 N–H and O–H groups in total. The Balaban J connectivity index is 2.14. The van der Waals surface area contributed by atoms with Crippen molar-refractivity contribution >= 4 is 17.3 Å². The second-order valence-electron chi connectivity index (χ2n) is 5.52. The summed E-state index contributed by atoms with van der Waals surface area (Å²) < 4.78 is 0. The first-order valence-electron chi connectivity index (χ1n) is 6.79. The molecule has 2 nitrogen and oxygen atoms in total. The van der Waals surface area contributed by atoms with Crippen molar-refractivity contribution in [2.45, 2.75) is 44.6 Å². The summed E-state index contributed by atoms with van der Waals surface area (Å²) in [6, 6.07) is 7.74. The maximum atomic E-state index is 9.78. The standard InChI is InChI=1S/C15H22ClNO/c1-15(11-18,12-7-3-2-4-8-12)17-14-10-6-5-9-13(14)16/h5-6,9-10,12,17-18H,2-4,7-8,11H2,1H3. The minimum atomic E-state index is -0.272. The fourth-order valence-corrected chi connectivity index (χ4v) is 3.06. The predicted molar refractivity (Wildman–Crippen MR) is 77.1 cm³/mol. The number of hydrogen-bond acceptors (Lipinski definition) is 2. The van der Waals surface area contributed by atoms with E-state index in [1.165, 1.54) is 32.1 Å². The molecule has 0 amide bonds. The van der Waals surface area contributed by atoms with Crippen molar-refractivity contribution in [3.8, 4) is 0 Å². The molecule has 1 unspecified atom stereocenters. The highest BCUT2D eigenvalue weighted by Crippen LogP contribution is 2.36. The minimum Gasteiger partial charge on any atom is -0.394 e. The van der Waals surface area contributed by atoms with E-state index in [9.17, 15) is 5.11 Å². The zero-order chi connectivity index (χ0) is 13.0. The Hall–Kier alpha value is -0.730. The van der Waals surface area contributed by atoms with Crippen LogP contribution in [0.25, 0.3) is 0 Å². The molecule has 0 heterocycles. The van der Waals surface area contributed by atoms with Gasteiger partial charge in [-0.25, -0.2) is 0 Å². The van der Waals surface area contributed by atoms with Gasteiger partial charge in [0, 0.05) is 0 Å². The third-order valence-corrected chi connectivity index (χ3v) is 4.46. The Bertz CT molecular complexity index is 390. The number of anilines is 1. The monoisotopic (exact) mass is 267 g/mol. The van der Waals surface area contributed by atoms with Crippen molar-refractivity contribution in [3.05, 3.63) is 29.3 Å². The molecule has 1 aromatic carbocycles. The second kappa shape index (κ2) is 5.94. The van der Waals surface area contributed by atoms with E-state index in [0.717, 1.165) is 5.69 Å². The highest BCUT2D eigenvalue weighted by molar-refractivity contribution is 6.33. The summed E-state index contributed by atoms with van der Waals surface area (Å²) in [5.41, 5.74) is 0.645. The Kier molecular flexibility index (Phi) is 4.52. The summed E-state index contributed by atoms with van der Waals surface area (Å²) in [5.74, 6) is 0.521. The van der Waals surface area contributed by atoms with Gasteiger partial charge in [0.25, 0.3) is 0 Å². The van der Waals surface area contributed by atoms with Crippen molar-refractivity contribution in [3.63, 3.8) is 0 Å². The fourth-order valence-electron chi connectivity index (χ4n) is 2.88. The van der Waals surface area contributed by atoms with Crippen LogP contribution in [0.4, 0.5) is 5.69 Å². The van der Waals surface area contributed by atoms with E-state index >= 15 is 0 Å². The molecule has 0 radical (unpaired) electrons. The minimum absolute atomic E-state index is 0.142. The molecule has 0 saturated heterocycles. The van der Waals surface area contributed by atoms with Crippen LogP contribution in [0.2, 0.25) is 5.02 Å². The maximum Gasteiger partial charge on any atom is 0.0661 e. The van der Waals surface area contributed by atoms with Gasteiger partial charge in [0.1, 0.15) is 0 Å². The first kappa shape index (κ1) is 13.7. The third kappa shape index (κ3) is 2.99. The molecule has 1 atom stereocenters. The zero-order valence-electron chi connectivity index (χ0n) is 11.0. The number of halogens is 1. The molecule has 0 bridgehead atoms. The molecule has 100 valence electrons. The Labute approximate surface area is 114 Å². The van der Waals surface area contributed by atoms with E-state index in [0.29, 0.717) is 10.9 Å². The van der Waals surface area contributed by atoms with Gasteiger partial charge >= 0.3 is 0 Å². The first-order valence-corrected chi connectivity index (χ1v) is 7.17. The van der Waals surface area contributed by atoms with Crippen molar-refractivity contribution < 1.29 is 5.11 Å². The molecule has 1 aromatic rings. The van der Waals surface area contributed by atoms with E-state index in [1.54, 1.807) is 0 Å². The first-order chi connectivity index (χ1) is 8.65. The van der Waals surface area contributed by atoms with Gasteiger partial charge in [-0.3, -0.25) is 0 Å². The molecular weight excluding hydrogens is 246 g/mol. The average Bonchev–Trinajstić information content (AvgIpc) is 2.42. The van der Waals surface area contributed by atoms with Crippen molar-refractivity contribution in [2.24, 2.45) is 5.92 Å². The van der Waals surface area contributed by atoms with E-state index in [1.807, 2.05) is 24.3 Å². The molecule has 0 aliphatic heterocycles. The number of nitrogens with one attached hydrogen (secondary N) is 1. The van der Waals surface area contributed by atoms with Gasteiger partial charge in [0.15, 0.2) is 0 Å². The molecule has 18 heavy (non-hydrogen) atoms. The largest absolute Gasteiger partial charge is 0.394 e.